The average molecular weight is 332 g/mol. The van der Waals surface area contributed by atoms with Crippen molar-refractivity contribution >= 4 is 11.8 Å². The molecular formula is C19H28N2O3. The first-order valence-electron chi connectivity index (χ1n) is 8.59. The van der Waals surface area contributed by atoms with Gasteiger partial charge in [0.25, 0.3) is 0 Å². The first-order chi connectivity index (χ1) is 11.4. The van der Waals surface area contributed by atoms with Crippen molar-refractivity contribution in [1.82, 2.24) is 9.80 Å². The Labute approximate surface area is 144 Å². The highest BCUT2D eigenvalue weighted by Gasteiger charge is 2.24. The molecule has 24 heavy (non-hydrogen) atoms. The summed E-state index contributed by atoms with van der Waals surface area (Å²) in [6, 6.07) is 5.84. The van der Waals surface area contributed by atoms with Crippen molar-refractivity contribution in [2.45, 2.75) is 33.6 Å². The van der Waals surface area contributed by atoms with Gasteiger partial charge in [-0.15, -0.1) is 0 Å². The summed E-state index contributed by atoms with van der Waals surface area (Å²) >= 11 is 0. The fraction of sp³-hybridized carbons (Fsp3) is 0.579. The normalized spacial score (nSPS) is 14.9. The number of carbonyl (C=O) groups is 2. The molecule has 5 nitrogen and oxygen atoms in total. The SMILES string of the molecule is COc1ccc(CC(=O)N2CCN(C(=O)CC(C)C)CC2)cc1C. The van der Waals surface area contributed by atoms with Crippen LogP contribution in [0.4, 0.5) is 0 Å². The zero-order valence-electron chi connectivity index (χ0n) is 15.2. The number of benzene rings is 1. The van der Waals surface area contributed by atoms with E-state index in [1.807, 2.05) is 34.9 Å². The average Bonchev–Trinajstić information content (AvgIpc) is 2.54. The number of carbonyl (C=O) groups excluding carboxylic acids is 2. The molecule has 0 saturated carbocycles. The van der Waals surface area contributed by atoms with Crippen molar-refractivity contribution in [1.29, 1.82) is 0 Å². The molecule has 0 aliphatic carbocycles. The van der Waals surface area contributed by atoms with Gasteiger partial charge in [0.05, 0.1) is 13.5 Å². The molecule has 0 N–H and O–H groups in total. The maximum atomic E-state index is 12.5. The Morgan fingerprint density at radius 1 is 1.08 bits per heavy atom. The van der Waals surface area contributed by atoms with Crippen LogP contribution in [-0.2, 0) is 16.0 Å². The first-order valence-corrected chi connectivity index (χ1v) is 8.59. The number of piperazine rings is 1. The fourth-order valence-electron chi connectivity index (χ4n) is 3.02. The van der Waals surface area contributed by atoms with Crippen molar-refractivity contribution in [3.63, 3.8) is 0 Å². The van der Waals surface area contributed by atoms with Gasteiger partial charge in [-0.3, -0.25) is 9.59 Å². The number of amides is 2. The number of aryl methyl sites for hydroxylation is 1. The molecule has 5 heteroatoms. The third-order valence-corrected chi connectivity index (χ3v) is 4.38. The second kappa shape index (κ2) is 8.18. The van der Waals surface area contributed by atoms with Crippen LogP contribution in [-0.4, -0.2) is 54.9 Å². The van der Waals surface area contributed by atoms with E-state index in [9.17, 15) is 9.59 Å². The lowest BCUT2D eigenvalue weighted by atomic mass is 10.1. The van der Waals surface area contributed by atoms with E-state index in [1.165, 1.54) is 0 Å². The molecule has 1 aromatic carbocycles. The lowest BCUT2D eigenvalue weighted by Gasteiger charge is -2.35. The standard InChI is InChI=1S/C19H28N2O3/c1-14(2)11-18(22)20-7-9-21(10-8-20)19(23)13-16-5-6-17(24-4)15(3)12-16/h5-6,12,14H,7-11,13H2,1-4H3. The van der Waals surface area contributed by atoms with Crippen molar-refractivity contribution in [2.75, 3.05) is 33.3 Å². The monoisotopic (exact) mass is 332 g/mol. The van der Waals surface area contributed by atoms with Crippen molar-refractivity contribution < 1.29 is 14.3 Å². The second-order valence-corrected chi connectivity index (χ2v) is 6.84. The fourth-order valence-corrected chi connectivity index (χ4v) is 3.02. The summed E-state index contributed by atoms with van der Waals surface area (Å²) in [5, 5.41) is 0. The molecular weight excluding hydrogens is 304 g/mol. The second-order valence-electron chi connectivity index (χ2n) is 6.84. The minimum atomic E-state index is 0.121. The van der Waals surface area contributed by atoms with Crippen molar-refractivity contribution in [2.24, 2.45) is 5.92 Å². The maximum absolute atomic E-state index is 12.5. The summed E-state index contributed by atoms with van der Waals surface area (Å²) in [7, 11) is 1.65. The molecule has 132 valence electrons. The Bertz CT molecular complexity index is 590. The van der Waals surface area contributed by atoms with E-state index in [-0.39, 0.29) is 11.8 Å². The van der Waals surface area contributed by atoms with E-state index < -0.39 is 0 Å². The van der Waals surface area contributed by atoms with E-state index in [0.29, 0.717) is 44.9 Å². The quantitative estimate of drug-likeness (QED) is 0.831. The van der Waals surface area contributed by atoms with Crippen LogP contribution < -0.4 is 4.74 Å². The number of hydrogen-bond donors (Lipinski definition) is 0. The van der Waals surface area contributed by atoms with Crippen LogP contribution in [0.3, 0.4) is 0 Å². The number of methoxy groups -OCH3 is 1. The lowest BCUT2D eigenvalue weighted by molar-refractivity contribution is -0.139. The van der Waals surface area contributed by atoms with E-state index in [0.717, 1.165) is 16.9 Å². The van der Waals surface area contributed by atoms with Gasteiger partial charge in [-0.1, -0.05) is 26.0 Å². The summed E-state index contributed by atoms with van der Waals surface area (Å²) < 4.78 is 5.25. The molecule has 1 fully saturated rings. The predicted octanol–water partition coefficient (Wildman–Crippen LogP) is 2.26. The smallest absolute Gasteiger partial charge is 0.227 e. The summed E-state index contributed by atoms with van der Waals surface area (Å²) in [6.07, 6.45) is 0.976. The Hall–Kier alpha value is -2.04. The Kier molecular flexibility index (Phi) is 6.23. The molecule has 1 saturated heterocycles. The number of nitrogens with zero attached hydrogens (tertiary/aromatic N) is 2. The topological polar surface area (TPSA) is 49.9 Å². The molecule has 1 heterocycles. The van der Waals surface area contributed by atoms with Gasteiger partial charge in [-0.2, -0.15) is 0 Å². The third kappa shape index (κ3) is 4.73. The summed E-state index contributed by atoms with van der Waals surface area (Å²) in [4.78, 5) is 28.3. The molecule has 1 aromatic rings. The van der Waals surface area contributed by atoms with Gasteiger partial charge in [0, 0.05) is 32.6 Å². The van der Waals surface area contributed by atoms with Crippen LogP contribution in [0.2, 0.25) is 0 Å². The highest BCUT2D eigenvalue weighted by atomic mass is 16.5. The molecule has 2 rings (SSSR count). The van der Waals surface area contributed by atoms with Gasteiger partial charge in [0.15, 0.2) is 0 Å². The van der Waals surface area contributed by atoms with Crippen LogP contribution >= 0.6 is 0 Å². The summed E-state index contributed by atoms with van der Waals surface area (Å²) in [6.45, 7) is 8.60. The Morgan fingerprint density at radius 3 is 2.17 bits per heavy atom. The molecule has 0 spiro atoms. The van der Waals surface area contributed by atoms with Gasteiger partial charge < -0.3 is 14.5 Å². The van der Waals surface area contributed by atoms with Gasteiger partial charge in [-0.25, -0.2) is 0 Å². The van der Waals surface area contributed by atoms with Crippen LogP contribution in [0.15, 0.2) is 18.2 Å². The predicted molar refractivity (Wildman–Crippen MR) is 94.1 cm³/mol. The van der Waals surface area contributed by atoms with Crippen LogP contribution in [0.1, 0.15) is 31.4 Å². The Morgan fingerprint density at radius 2 is 1.67 bits per heavy atom. The molecule has 0 radical (unpaired) electrons. The summed E-state index contributed by atoms with van der Waals surface area (Å²) in [5.74, 6) is 1.53. The van der Waals surface area contributed by atoms with Gasteiger partial charge in [-0.05, 0) is 30.0 Å². The molecule has 1 aliphatic rings. The maximum Gasteiger partial charge on any atom is 0.227 e. The van der Waals surface area contributed by atoms with Crippen molar-refractivity contribution in [3.8, 4) is 5.75 Å². The lowest BCUT2D eigenvalue weighted by Crippen LogP contribution is -2.51. The zero-order valence-corrected chi connectivity index (χ0v) is 15.2. The van der Waals surface area contributed by atoms with Crippen molar-refractivity contribution in [3.05, 3.63) is 29.3 Å². The summed E-state index contributed by atoms with van der Waals surface area (Å²) in [5.41, 5.74) is 2.03. The molecule has 0 atom stereocenters. The molecule has 0 aromatic heterocycles. The van der Waals surface area contributed by atoms with E-state index in [4.69, 9.17) is 4.74 Å². The van der Waals surface area contributed by atoms with Gasteiger partial charge >= 0.3 is 0 Å². The number of rotatable bonds is 5. The van der Waals surface area contributed by atoms with Gasteiger partial charge in [0.2, 0.25) is 11.8 Å². The van der Waals surface area contributed by atoms with E-state index >= 15 is 0 Å². The van der Waals surface area contributed by atoms with E-state index in [1.54, 1.807) is 7.11 Å². The minimum Gasteiger partial charge on any atom is -0.496 e. The van der Waals surface area contributed by atoms with E-state index in [2.05, 4.69) is 13.8 Å². The molecule has 1 aliphatic heterocycles. The molecule has 2 amide bonds. The largest absolute Gasteiger partial charge is 0.496 e. The highest BCUT2D eigenvalue weighted by Crippen LogP contribution is 2.19. The van der Waals surface area contributed by atoms with Gasteiger partial charge in [0.1, 0.15) is 5.75 Å². The molecule has 0 unspecified atom stereocenters. The highest BCUT2D eigenvalue weighted by molar-refractivity contribution is 5.80. The third-order valence-electron chi connectivity index (χ3n) is 4.38. The minimum absolute atomic E-state index is 0.121. The van der Waals surface area contributed by atoms with Crippen LogP contribution in [0, 0.1) is 12.8 Å². The number of ether oxygens (including phenoxy) is 1. The zero-order chi connectivity index (χ0) is 17.7. The Balaban J connectivity index is 1.86. The number of hydrogen-bond acceptors (Lipinski definition) is 3. The molecule has 0 bridgehead atoms. The first kappa shape index (κ1) is 18.3. The van der Waals surface area contributed by atoms with Crippen LogP contribution in [0.25, 0.3) is 0 Å². The van der Waals surface area contributed by atoms with Crippen LogP contribution in [0.5, 0.6) is 5.75 Å².